The maximum absolute atomic E-state index is 10.7. The van der Waals surface area contributed by atoms with E-state index in [2.05, 4.69) is 0 Å². The first-order chi connectivity index (χ1) is 5.54. The number of carbonyl (C=O) groups is 1. The fraction of sp³-hybridized carbons (Fsp3) is 0.429. The van der Waals surface area contributed by atoms with Crippen molar-refractivity contribution in [3.05, 3.63) is 10.7 Å². The Morgan fingerprint density at radius 1 is 1.67 bits per heavy atom. The standard InChI is InChI=1S/C7H9ClN2O2/c8-4(3-9)5(10)7(1-2-7)6(11)12/h3,9H,1-2,10H2,(H,11,12)/b5-4+,9-3?. The van der Waals surface area contributed by atoms with E-state index >= 15 is 0 Å². The molecule has 0 unspecified atom stereocenters. The zero-order valence-corrected chi connectivity index (χ0v) is 7.06. The highest BCUT2D eigenvalue weighted by atomic mass is 35.5. The summed E-state index contributed by atoms with van der Waals surface area (Å²) in [5.74, 6) is -0.958. The van der Waals surface area contributed by atoms with Crippen LogP contribution in [0.3, 0.4) is 0 Å². The van der Waals surface area contributed by atoms with Gasteiger partial charge in [-0.25, -0.2) is 0 Å². The summed E-state index contributed by atoms with van der Waals surface area (Å²) in [6, 6.07) is 0. The first-order valence-electron chi connectivity index (χ1n) is 3.44. The average molecular weight is 189 g/mol. The van der Waals surface area contributed by atoms with Crippen molar-refractivity contribution in [2.75, 3.05) is 0 Å². The van der Waals surface area contributed by atoms with E-state index < -0.39 is 11.4 Å². The van der Waals surface area contributed by atoms with Gasteiger partial charge in [0.1, 0.15) is 5.41 Å². The molecule has 0 spiro atoms. The SMILES string of the molecule is N=C/C(Cl)=C(\N)C1(C(=O)O)CC1. The Kier molecular flexibility index (Phi) is 2.10. The number of halogens is 1. The highest BCUT2D eigenvalue weighted by Crippen LogP contribution is 2.51. The van der Waals surface area contributed by atoms with Crippen molar-refractivity contribution >= 4 is 23.8 Å². The summed E-state index contributed by atoms with van der Waals surface area (Å²) >= 11 is 5.53. The molecular formula is C7H9ClN2O2. The minimum absolute atomic E-state index is 0.0231. The van der Waals surface area contributed by atoms with E-state index in [1.165, 1.54) is 0 Å². The summed E-state index contributed by atoms with van der Waals surface area (Å²) in [6.07, 6.45) is 1.89. The summed E-state index contributed by atoms with van der Waals surface area (Å²) in [5.41, 5.74) is 4.61. The van der Waals surface area contributed by atoms with Gasteiger partial charge in [-0.2, -0.15) is 0 Å². The van der Waals surface area contributed by atoms with Gasteiger partial charge in [0.15, 0.2) is 0 Å². The number of nitrogens with two attached hydrogens (primary N) is 1. The molecule has 0 aromatic rings. The lowest BCUT2D eigenvalue weighted by atomic mass is 10.0. The van der Waals surface area contributed by atoms with Gasteiger partial charge in [-0.05, 0) is 12.8 Å². The van der Waals surface area contributed by atoms with Gasteiger partial charge in [0.25, 0.3) is 0 Å². The molecule has 4 N–H and O–H groups in total. The van der Waals surface area contributed by atoms with E-state index in [0.29, 0.717) is 12.8 Å². The second-order valence-corrected chi connectivity index (χ2v) is 3.20. The fourth-order valence-corrected chi connectivity index (χ4v) is 1.21. The topological polar surface area (TPSA) is 87.2 Å². The van der Waals surface area contributed by atoms with Crippen LogP contribution >= 0.6 is 11.6 Å². The van der Waals surface area contributed by atoms with Gasteiger partial charge in [0, 0.05) is 11.9 Å². The number of rotatable bonds is 3. The van der Waals surface area contributed by atoms with Crippen LogP contribution < -0.4 is 5.73 Å². The lowest BCUT2D eigenvalue weighted by Crippen LogP contribution is -2.23. The van der Waals surface area contributed by atoms with Crippen molar-refractivity contribution in [3.8, 4) is 0 Å². The third-order valence-electron chi connectivity index (χ3n) is 2.06. The molecule has 0 aromatic heterocycles. The quantitative estimate of drug-likeness (QED) is 0.576. The van der Waals surface area contributed by atoms with E-state index in [1.54, 1.807) is 0 Å². The number of carboxylic acids is 1. The molecule has 0 heterocycles. The average Bonchev–Trinajstić information content (AvgIpc) is 2.81. The van der Waals surface area contributed by atoms with Crippen LogP contribution in [0.5, 0.6) is 0 Å². The van der Waals surface area contributed by atoms with Crippen LogP contribution in [0.1, 0.15) is 12.8 Å². The van der Waals surface area contributed by atoms with Crippen molar-refractivity contribution in [3.63, 3.8) is 0 Å². The molecule has 66 valence electrons. The Bertz CT molecular complexity index is 269. The van der Waals surface area contributed by atoms with Crippen molar-refractivity contribution in [2.45, 2.75) is 12.8 Å². The molecule has 0 bridgehead atoms. The Hall–Kier alpha value is -1.03. The zero-order valence-electron chi connectivity index (χ0n) is 6.30. The molecule has 1 saturated carbocycles. The molecular weight excluding hydrogens is 180 g/mol. The van der Waals surface area contributed by atoms with Gasteiger partial charge in [-0.3, -0.25) is 4.79 Å². The molecule has 0 aliphatic heterocycles. The van der Waals surface area contributed by atoms with Crippen LogP contribution in [0.25, 0.3) is 0 Å². The van der Waals surface area contributed by atoms with Gasteiger partial charge in [-0.1, -0.05) is 11.6 Å². The number of aliphatic carboxylic acids is 1. The van der Waals surface area contributed by atoms with E-state index in [0.717, 1.165) is 6.21 Å². The second kappa shape index (κ2) is 2.79. The number of nitrogens with one attached hydrogen (secondary N) is 1. The third-order valence-corrected chi connectivity index (χ3v) is 2.37. The van der Waals surface area contributed by atoms with Crippen molar-refractivity contribution in [2.24, 2.45) is 11.1 Å². The van der Waals surface area contributed by atoms with Crippen LogP contribution in [0.15, 0.2) is 10.7 Å². The van der Waals surface area contributed by atoms with E-state index in [9.17, 15) is 4.79 Å². The fourth-order valence-electron chi connectivity index (χ4n) is 1.03. The van der Waals surface area contributed by atoms with Crippen molar-refractivity contribution in [1.29, 1.82) is 5.41 Å². The summed E-state index contributed by atoms with van der Waals surface area (Å²) < 4.78 is 0. The molecule has 1 fully saturated rings. The molecule has 0 saturated heterocycles. The zero-order chi connectivity index (χ0) is 9.35. The largest absolute Gasteiger partial charge is 0.481 e. The first-order valence-corrected chi connectivity index (χ1v) is 3.82. The smallest absolute Gasteiger partial charge is 0.315 e. The van der Waals surface area contributed by atoms with Gasteiger partial charge in [-0.15, -0.1) is 0 Å². The van der Waals surface area contributed by atoms with Crippen LogP contribution in [0, 0.1) is 10.8 Å². The maximum atomic E-state index is 10.7. The van der Waals surface area contributed by atoms with Crippen LogP contribution in [0.2, 0.25) is 0 Å². The third kappa shape index (κ3) is 1.18. The van der Waals surface area contributed by atoms with Gasteiger partial charge < -0.3 is 16.2 Å². The van der Waals surface area contributed by atoms with Gasteiger partial charge in [0.2, 0.25) is 0 Å². The summed E-state index contributed by atoms with van der Waals surface area (Å²) in [7, 11) is 0. The Balaban J connectivity index is 2.97. The summed E-state index contributed by atoms with van der Waals surface area (Å²) in [6.45, 7) is 0. The highest BCUT2D eigenvalue weighted by Gasteiger charge is 2.53. The van der Waals surface area contributed by atoms with Crippen molar-refractivity contribution < 1.29 is 9.90 Å². The molecule has 0 amide bonds. The highest BCUT2D eigenvalue weighted by molar-refractivity contribution is 6.39. The van der Waals surface area contributed by atoms with Gasteiger partial charge in [0.05, 0.1) is 5.03 Å². The minimum atomic E-state index is -0.978. The number of allylic oxidation sites excluding steroid dienone is 1. The van der Waals surface area contributed by atoms with Crippen molar-refractivity contribution in [1.82, 2.24) is 0 Å². The Morgan fingerprint density at radius 2 is 2.17 bits per heavy atom. The van der Waals surface area contributed by atoms with E-state index in [4.69, 9.17) is 27.9 Å². The predicted octanol–water partition coefficient (Wildman–Crippen LogP) is 0.910. The van der Waals surface area contributed by atoms with Crippen LogP contribution in [-0.4, -0.2) is 17.3 Å². The molecule has 0 aromatic carbocycles. The molecule has 1 aliphatic carbocycles. The molecule has 12 heavy (non-hydrogen) atoms. The molecule has 0 atom stereocenters. The minimum Gasteiger partial charge on any atom is -0.481 e. The lowest BCUT2D eigenvalue weighted by molar-refractivity contribution is -0.141. The molecule has 1 aliphatic rings. The van der Waals surface area contributed by atoms with Gasteiger partial charge >= 0.3 is 5.97 Å². The molecule has 1 rings (SSSR count). The van der Waals surface area contributed by atoms with Crippen LogP contribution in [-0.2, 0) is 4.79 Å². The maximum Gasteiger partial charge on any atom is 0.315 e. The normalized spacial score (nSPS) is 21.1. The first kappa shape index (κ1) is 9.06. The number of hydrogen-bond donors (Lipinski definition) is 3. The van der Waals surface area contributed by atoms with E-state index in [-0.39, 0.29) is 10.7 Å². The second-order valence-electron chi connectivity index (χ2n) is 2.79. The monoisotopic (exact) mass is 188 g/mol. The number of carboxylic acid groups (broad SMARTS) is 1. The molecule has 0 radical (unpaired) electrons. The predicted molar refractivity (Wildman–Crippen MR) is 45.2 cm³/mol. The lowest BCUT2D eigenvalue weighted by Gasteiger charge is -2.10. The molecule has 5 heteroatoms. The van der Waals surface area contributed by atoms with E-state index in [1.807, 2.05) is 0 Å². The molecule has 4 nitrogen and oxygen atoms in total. The summed E-state index contributed by atoms with van der Waals surface area (Å²) in [4.78, 5) is 10.7. The summed E-state index contributed by atoms with van der Waals surface area (Å²) in [5, 5.41) is 15.6. The number of hydrogen-bond acceptors (Lipinski definition) is 3. The van der Waals surface area contributed by atoms with Crippen LogP contribution in [0.4, 0.5) is 0 Å². The Labute approximate surface area is 74.5 Å². The Morgan fingerprint density at radius 3 is 2.42 bits per heavy atom.